The summed E-state index contributed by atoms with van der Waals surface area (Å²) in [7, 11) is 0. The molecule has 0 aliphatic heterocycles. The predicted molar refractivity (Wildman–Crippen MR) is 517 cm³/mol. The summed E-state index contributed by atoms with van der Waals surface area (Å²) in [6.45, 7) is 38.5. The van der Waals surface area contributed by atoms with E-state index in [1.807, 2.05) is 0 Å². The largest absolute Gasteiger partial charge is 0.379 e. The second-order valence-corrected chi connectivity index (χ2v) is 31.3. The Labute approximate surface area is 825 Å². The van der Waals surface area contributed by atoms with E-state index in [-0.39, 0.29) is 5.78 Å². The number of hydrogen-bond acceptors (Lipinski definition) is 38. The van der Waals surface area contributed by atoms with Crippen LogP contribution in [0.25, 0.3) is 0 Å². The molecule has 38 heteroatoms. The van der Waals surface area contributed by atoms with Crippen LogP contribution in [0.2, 0.25) is 0 Å². The van der Waals surface area contributed by atoms with Gasteiger partial charge < -0.3 is 171 Å². The summed E-state index contributed by atoms with van der Waals surface area (Å²) >= 11 is 0. The summed E-state index contributed by atoms with van der Waals surface area (Å²) < 4.78 is 199. The third kappa shape index (κ3) is 132. The summed E-state index contributed by atoms with van der Waals surface area (Å²) in [4.78, 5) is 23.1. The van der Waals surface area contributed by atoms with Gasteiger partial charge in [-0.15, -0.1) is 0 Å². The van der Waals surface area contributed by atoms with Crippen molar-refractivity contribution in [2.24, 2.45) is 0 Å². The summed E-state index contributed by atoms with van der Waals surface area (Å²) in [5.74, 6) is 0.481. The van der Waals surface area contributed by atoms with Gasteiger partial charge in [-0.1, -0.05) is 122 Å². The molecule has 0 unspecified atom stereocenters. The number of ketones is 2. The van der Waals surface area contributed by atoms with Crippen molar-refractivity contribution in [2.75, 3.05) is 476 Å². The number of carbonyl (C=O) groups excluding carboxylic acids is 2. The van der Waals surface area contributed by atoms with Gasteiger partial charge in [0, 0.05) is 25.9 Å². The van der Waals surface area contributed by atoms with E-state index < -0.39 is 0 Å². The molecule has 0 radical (unpaired) electrons. The maximum atomic E-state index is 12.3. The lowest BCUT2D eigenvalue weighted by Gasteiger charge is -2.09. The zero-order valence-corrected chi connectivity index (χ0v) is 85.7. The van der Waals surface area contributed by atoms with Crippen molar-refractivity contribution < 1.29 is 180 Å². The van der Waals surface area contributed by atoms with Gasteiger partial charge in [0.25, 0.3) is 0 Å². The summed E-state index contributed by atoms with van der Waals surface area (Å²) in [5, 5.41) is 0. The second-order valence-electron chi connectivity index (χ2n) is 31.3. The molecule has 0 aromatic heterocycles. The highest BCUT2D eigenvalue weighted by Crippen LogP contribution is 2.16. The first kappa shape index (κ1) is 135. The third-order valence-electron chi connectivity index (χ3n) is 19.4. The topological polar surface area (TPSA) is 366 Å². The number of unbranched alkanes of at least 4 members (excludes halogenated alkanes) is 18. The summed E-state index contributed by atoms with van der Waals surface area (Å²) in [5.41, 5.74) is 0. The van der Waals surface area contributed by atoms with Gasteiger partial charge in [-0.3, -0.25) is 9.59 Å². The average molecular weight is 1990 g/mol. The van der Waals surface area contributed by atoms with Crippen LogP contribution in [0.4, 0.5) is 0 Å². The van der Waals surface area contributed by atoms with Gasteiger partial charge >= 0.3 is 0 Å². The van der Waals surface area contributed by atoms with E-state index >= 15 is 0 Å². The maximum Gasteiger partial charge on any atom is 0.132 e. The van der Waals surface area contributed by atoms with E-state index in [2.05, 4.69) is 6.92 Å². The monoisotopic (exact) mass is 1990 g/mol. The van der Waals surface area contributed by atoms with E-state index in [1.54, 1.807) is 6.92 Å². The number of ether oxygens (including phenoxy) is 36. The summed E-state index contributed by atoms with van der Waals surface area (Å²) in [6.07, 6.45) is 28.4. The Hall–Kier alpha value is -2.10. The highest BCUT2D eigenvalue weighted by molar-refractivity contribution is 5.78. The molecule has 0 rings (SSSR count). The van der Waals surface area contributed by atoms with Crippen molar-refractivity contribution in [3.63, 3.8) is 0 Å². The summed E-state index contributed by atoms with van der Waals surface area (Å²) in [6, 6.07) is 0. The van der Waals surface area contributed by atoms with Crippen molar-refractivity contribution >= 4 is 11.6 Å². The van der Waals surface area contributed by atoms with Crippen LogP contribution in [-0.4, -0.2) is 487 Å². The fraction of sp³-hybridized carbons (Fsp3) is 0.980. The van der Waals surface area contributed by atoms with Crippen molar-refractivity contribution in [1.82, 2.24) is 0 Å². The molecule has 0 aliphatic rings. The van der Waals surface area contributed by atoms with Gasteiger partial charge in [0.2, 0.25) is 0 Å². The molecule has 0 N–H and O–H groups in total. The lowest BCUT2D eigenvalue weighted by Crippen LogP contribution is -2.16. The average Bonchev–Trinajstić information content (AvgIpc) is 1.04. The Morgan fingerprint density at radius 1 is 0.109 bits per heavy atom. The van der Waals surface area contributed by atoms with Gasteiger partial charge in [0.05, 0.1) is 469 Å². The number of carbonyl (C=O) groups is 2. The van der Waals surface area contributed by atoms with E-state index in [4.69, 9.17) is 171 Å². The molecule has 0 aromatic rings. The Bertz CT molecular complexity index is 2110. The molecule has 38 nitrogen and oxygen atoms in total. The predicted octanol–water partition coefficient (Wildman–Crippen LogP) is 9.73. The molecule has 0 heterocycles. The van der Waals surface area contributed by atoms with Crippen LogP contribution in [0.15, 0.2) is 0 Å². The van der Waals surface area contributed by atoms with Crippen molar-refractivity contribution in [3.8, 4) is 0 Å². The molecule has 0 amide bonds. The Morgan fingerprint density at radius 3 is 0.321 bits per heavy atom. The standard InChI is InChI=1S/C99H196O38/c1-3-4-5-6-7-8-9-10-11-12-13-14-15-16-17-18-19-20-21-23-99(101)24-22-26-102-28-30-104-32-34-106-36-38-108-40-42-110-44-46-112-48-50-114-52-54-116-56-58-118-60-62-120-64-66-122-68-70-124-72-74-126-76-78-128-80-82-130-84-86-132-88-90-134-92-94-136-96-97-137-95-93-135-91-89-133-87-85-131-83-81-129-79-77-127-75-73-125-71-69-123-67-65-121-63-61-119-59-57-117-55-53-115-51-49-113-47-45-111-43-41-109-39-37-107-35-33-105-31-29-103-27-25-98(2)100/h3-97H2,1-2H3. The molecule has 0 aromatic carbocycles. The fourth-order valence-corrected chi connectivity index (χ4v) is 11.9. The minimum absolute atomic E-state index is 0.118. The molecule has 0 aliphatic carbocycles. The highest BCUT2D eigenvalue weighted by Gasteiger charge is 2.08. The molecule has 0 fully saturated rings. The maximum absolute atomic E-state index is 12.3. The molecule has 137 heavy (non-hydrogen) atoms. The zero-order valence-electron chi connectivity index (χ0n) is 85.7. The SMILES string of the molecule is CCCCCCCCCCCCCCCCCCCCCC(=O)CCCOCCOCCOCCOCCOCCOCCOCCOCCOCCOCCOCCOCCOCCOCCOCCOCCOCCOCCOCCOCCOCCOCCOCCOCCOCCOCCOCCOCCOCCOCCOCCOCCOCCOCCOCCOCCC(C)=O. The van der Waals surface area contributed by atoms with Gasteiger partial charge in [0.1, 0.15) is 11.6 Å². The first-order valence-electron chi connectivity index (χ1n) is 52.0. The first-order chi connectivity index (χ1) is 68.2. The van der Waals surface area contributed by atoms with E-state index in [0.29, 0.717) is 501 Å². The Kier molecular flexibility index (Phi) is 128. The van der Waals surface area contributed by atoms with Gasteiger partial charge in [-0.25, -0.2) is 0 Å². The molecule has 0 saturated carbocycles. The lowest BCUT2D eigenvalue weighted by atomic mass is 10.0. The van der Waals surface area contributed by atoms with Gasteiger partial charge in [-0.2, -0.15) is 0 Å². The van der Waals surface area contributed by atoms with Gasteiger partial charge in [-0.05, 0) is 19.8 Å². The molecule has 0 spiro atoms. The second kappa shape index (κ2) is 130. The van der Waals surface area contributed by atoms with Crippen LogP contribution in [0, 0.1) is 0 Å². The number of Topliss-reactive ketones (excluding diaryl/α,β-unsaturated/α-hetero) is 2. The zero-order chi connectivity index (χ0) is 97.8. The van der Waals surface area contributed by atoms with Crippen LogP contribution < -0.4 is 0 Å². The first-order valence-corrected chi connectivity index (χ1v) is 52.0. The number of hydrogen-bond donors (Lipinski definition) is 0. The molecular formula is C99H196O38. The van der Waals surface area contributed by atoms with E-state index in [1.165, 1.54) is 116 Å². The Morgan fingerprint density at radius 2 is 0.204 bits per heavy atom. The quantitative estimate of drug-likeness (QED) is 0.0511. The number of rotatable bonds is 132. The highest BCUT2D eigenvalue weighted by atomic mass is 16.6. The Balaban J connectivity index is 3.12. The molecular weight excluding hydrogens is 1800 g/mol. The lowest BCUT2D eigenvalue weighted by molar-refractivity contribution is -0.120. The third-order valence-corrected chi connectivity index (χ3v) is 19.4. The van der Waals surface area contributed by atoms with Gasteiger partial charge in [0.15, 0.2) is 0 Å². The van der Waals surface area contributed by atoms with Crippen LogP contribution in [0.1, 0.15) is 162 Å². The molecule has 0 bridgehead atoms. The normalized spacial score (nSPS) is 11.8. The molecule has 0 atom stereocenters. The van der Waals surface area contributed by atoms with E-state index in [9.17, 15) is 9.59 Å². The van der Waals surface area contributed by atoms with Crippen LogP contribution in [0.5, 0.6) is 0 Å². The molecule has 820 valence electrons. The van der Waals surface area contributed by atoms with Crippen LogP contribution in [0.3, 0.4) is 0 Å². The van der Waals surface area contributed by atoms with E-state index in [0.717, 1.165) is 12.8 Å². The fourth-order valence-electron chi connectivity index (χ4n) is 11.9. The van der Waals surface area contributed by atoms with Crippen LogP contribution >= 0.6 is 0 Å². The minimum Gasteiger partial charge on any atom is -0.379 e. The van der Waals surface area contributed by atoms with Crippen LogP contribution in [-0.2, 0) is 180 Å². The van der Waals surface area contributed by atoms with Crippen molar-refractivity contribution in [2.45, 2.75) is 162 Å². The van der Waals surface area contributed by atoms with Crippen molar-refractivity contribution in [3.05, 3.63) is 0 Å². The van der Waals surface area contributed by atoms with Crippen molar-refractivity contribution in [1.29, 1.82) is 0 Å². The smallest absolute Gasteiger partial charge is 0.132 e. The molecule has 0 saturated heterocycles. The minimum atomic E-state index is 0.118.